The molecule has 1 unspecified atom stereocenters. The first kappa shape index (κ1) is 17.8. The Morgan fingerprint density at radius 1 is 1.07 bits per heavy atom. The lowest BCUT2D eigenvalue weighted by molar-refractivity contribution is -0.130. The zero-order valence-corrected chi connectivity index (χ0v) is 16.3. The molecule has 0 saturated carbocycles. The molecule has 27 heavy (non-hydrogen) atoms. The van der Waals surface area contributed by atoms with Crippen LogP contribution in [0, 0.1) is 6.92 Å². The van der Waals surface area contributed by atoms with E-state index in [1.165, 1.54) is 27.6 Å². The van der Waals surface area contributed by atoms with Crippen LogP contribution in [0.5, 0.6) is 0 Å². The van der Waals surface area contributed by atoms with Gasteiger partial charge in [0.1, 0.15) is 0 Å². The van der Waals surface area contributed by atoms with Gasteiger partial charge in [0.15, 0.2) is 0 Å². The summed E-state index contributed by atoms with van der Waals surface area (Å²) in [4.78, 5) is 15.1. The van der Waals surface area contributed by atoms with Gasteiger partial charge < -0.3 is 9.47 Å². The van der Waals surface area contributed by atoms with E-state index in [2.05, 4.69) is 73.1 Å². The summed E-state index contributed by atoms with van der Waals surface area (Å²) >= 11 is 0. The fraction of sp³-hybridized carbons (Fsp3) is 0.375. The third-order valence-electron chi connectivity index (χ3n) is 5.82. The fourth-order valence-corrected chi connectivity index (χ4v) is 4.38. The summed E-state index contributed by atoms with van der Waals surface area (Å²) in [5.74, 6) is 0.378. The minimum atomic E-state index is 0.0932. The van der Waals surface area contributed by atoms with Crippen molar-refractivity contribution in [2.24, 2.45) is 0 Å². The molecule has 2 aromatic carbocycles. The number of nitrogens with zero attached hydrogens (tertiary/aromatic N) is 2. The molecule has 1 atom stereocenters. The van der Waals surface area contributed by atoms with E-state index in [4.69, 9.17) is 0 Å². The highest BCUT2D eigenvalue weighted by molar-refractivity contribution is 5.86. The first-order chi connectivity index (χ1) is 13.2. The number of benzene rings is 2. The van der Waals surface area contributed by atoms with Gasteiger partial charge in [0.25, 0.3) is 0 Å². The molecule has 1 fully saturated rings. The van der Waals surface area contributed by atoms with Crippen molar-refractivity contribution < 1.29 is 4.79 Å². The molecule has 1 saturated heterocycles. The van der Waals surface area contributed by atoms with E-state index in [0.717, 1.165) is 32.5 Å². The van der Waals surface area contributed by atoms with E-state index in [1.807, 2.05) is 4.90 Å². The number of hydrogen-bond donors (Lipinski definition) is 0. The Hall–Kier alpha value is -2.55. The Kier molecular flexibility index (Phi) is 5.02. The van der Waals surface area contributed by atoms with Gasteiger partial charge in [0.2, 0.25) is 5.91 Å². The average molecular weight is 361 g/mol. The van der Waals surface area contributed by atoms with Gasteiger partial charge >= 0.3 is 0 Å². The molecule has 3 aromatic rings. The lowest BCUT2D eigenvalue weighted by Crippen LogP contribution is -2.29. The number of hydrogen-bond acceptors (Lipinski definition) is 1. The molecule has 2 heterocycles. The predicted molar refractivity (Wildman–Crippen MR) is 111 cm³/mol. The zero-order chi connectivity index (χ0) is 18.8. The maximum absolute atomic E-state index is 13.0. The summed E-state index contributed by atoms with van der Waals surface area (Å²) in [5.41, 5.74) is 5.00. The molecule has 0 N–H and O–H groups in total. The second kappa shape index (κ2) is 7.59. The molecule has 1 aromatic heterocycles. The van der Waals surface area contributed by atoms with E-state index in [-0.39, 0.29) is 11.8 Å². The van der Waals surface area contributed by atoms with Gasteiger partial charge in [0, 0.05) is 49.1 Å². The largest absolute Gasteiger partial charge is 0.347 e. The summed E-state index contributed by atoms with van der Waals surface area (Å²) in [6.07, 6.45) is 5.07. The Balaban J connectivity index is 1.79. The normalized spacial score (nSPS) is 15.4. The molecule has 1 amide bonds. The number of likely N-dealkylation sites (tertiary alicyclic amines) is 1. The van der Waals surface area contributed by atoms with Crippen molar-refractivity contribution in [3.05, 3.63) is 71.4 Å². The van der Waals surface area contributed by atoms with Crippen LogP contribution in [0.3, 0.4) is 0 Å². The predicted octanol–water partition coefficient (Wildman–Crippen LogP) is 5.11. The van der Waals surface area contributed by atoms with Crippen LogP contribution < -0.4 is 0 Å². The highest BCUT2D eigenvalue weighted by atomic mass is 16.2. The van der Waals surface area contributed by atoms with E-state index in [1.54, 1.807) is 0 Å². The molecule has 0 radical (unpaired) electrons. The van der Waals surface area contributed by atoms with Crippen LogP contribution in [0.15, 0.2) is 54.7 Å². The molecule has 0 bridgehead atoms. The molecule has 3 nitrogen and oxygen atoms in total. The third kappa shape index (κ3) is 3.51. The second-order valence-corrected chi connectivity index (χ2v) is 7.65. The highest BCUT2D eigenvalue weighted by Gasteiger charge is 2.26. The van der Waals surface area contributed by atoms with Gasteiger partial charge in [-0.05, 0) is 43.9 Å². The van der Waals surface area contributed by atoms with Crippen molar-refractivity contribution in [1.82, 2.24) is 9.47 Å². The second-order valence-electron chi connectivity index (χ2n) is 7.65. The Morgan fingerprint density at radius 2 is 1.85 bits per heavy atom. The lowest BCUT2D eigenvalue weighted by Gasteiger charge is -2.22. The minimum Gasteiger partial charge on any atom is -0.347 e. The van der Waals surface area contributed by atoms with Crippen molar-refractivity contribution in [1.29, 1.82) is 0 Å². The first-order valence-electron chi connectivity index (χ1n) is 10.1. The SMILES string of the molecule is CCn1cc(C(CC(=O)N2CCCC2)c2cccc(C)c2)c2ccccc21. The number of fused-ring (bicyclic) bond motifs is 1. The number of carbonyl (C=O) groups is 1. The van der Waals surface area contributed by atoms with Crippen molar-refractivity contribution in [2.75, 3.05) is 13.1 Å². The Labute approximate surface area is 161 Å². The third-order valence-corrected chi connectivity index (χ3v) is 5.82. The van der Waals surface area contributed by atoms with Crippen LogP contribution in [0.2, 0.25) is 0 Å². The quantitative estimate of drug-likeness (QED) is 0.620. The highest BCUT2D eigenvalue weighted by Crippen LogP contribution is 2.35. The van der Waals surface area contributed by atoms with E-state index < -0.39 is 0 Å². The van der Waals surface area contributed by atoms with E-state index >= 15 is 0 Å². The molecule has 4 rings (SSSR count). The monoisotopic (exact) mass is 360 g/mol. The fourth-order valence-electron chi connectivity index (χ4n) is 4.38. The van der Waals surface area contributed by atoms with Crippen LogP contribution in [0.25, 0.3) is 10.9 Å². The number of para-hydroxylation sites is 1. The standard InChI is InChI=1S/C24H28N2O/c1-3-25-17-22(20-11-4-5-12-23(20)25)21(19-10-8-9-18(2)15-19)16-24(27)26-13-6-7-14-26/h4-5,8-12,15,17,21H,3,6-7,13-14,16H2,1-2H3. The maximum atomic E-state index is 13.0. The first-order valence-corrected chi connectivity index (χ1v) is 10.1. The van der Waals surface area contributed by atoms with Gasteiger partial charge in [-0.2, -0.15) is 0 Å². The van der Waals surface area contributed by atoms with Crippen molar-refractivity contribution >= 4 is 16.8 Å². The van der Waals surface area contributed by atoms with Crippen LogP contribution in [0.4, 0.5) is 0 Å². The van der Waals surface area contributed by atoms with E-state index in [0.29, 0.717) is 6.42 Å². The molecular weight excluding hydrogens is 332 g/mol. The van der Waals surface area contributed by atoms with Crippen molar-refractivity contribution in [3.8, 4) is 0 Å². The number of amides is 1. The molecule has 140 valence electrons. The molecule has 0 spiro atoms. The van der Waals surface area contributed by atoms with Crippen molar-refractivity contribution in [3.63, 3.8) is 0 Å². The van der Waals surface area contributed by atoms with Gasteiger partial charge in [-0.1, -0.05) is 48.0 Å². The van der Waals surface area contributed by atoms with Gasteiger partial charge in [0.05, 0.1) is 0 Å². The average Bonchev–Trinajstić information content (AvgIpc) is 3.34. The summed E-state index contributed by atoms with van der Waals surface area (Å²) in [6.45, 7) is 7.05. The van der Waals surface area contributed by atoms with Gasteiger partial charge in [-0.3, -0.25) is 4.79 Å². The minimum absolute atomic E-state index is 0.0932. The summed E-state index contributed by atoms with van der Waals surface area (Å²) in [7, 11) is 0. The van der Waals surface area contributed by atoms with Crippen LogP contribution in [-0.2, 0) is 11.3 Å². The van der Waals surface area contributed by atoms with Crippen molar-refractivity contribution in [2.45, 2.75) is 45.6 Å². The Bertz CT molecular complexity index is 950. The summed E-state index contributed by atoms with van der Waals surface area (Å²) in [5, 5.41) is 1.26. The zero-order valence-electron chi connectivity index (χ0n) is 16.3. The maximum Gasteiger partial charge on any atom is 0.223 e. The Morgan fingerprint density at radius 3 is 2.59 bits per heavy atom. The topological polar surface area (TPSA) is 25.2 Å². The number of carbonyl (C=O) groups excluding carboxylic acids is 1. The molecule has 0 aliphatic carbocycles. The number of rotatable bonds is 5. The molecule has 1 aliphatic rings. The van der Waals surface area contributed by atoms with Gasteiger partial charge in [-0.15, -0.1) is 0 Å². The lowest BCUT2D eigenvalue weighted by atomic mass is 9.87. The smallest absolute Gasteiger partial charge is 0.223 e. The molecule has 3 heteroatoms. The number of aromatic nitrogens is 1. The van der Waals surface area contributed by atoms with Crippen LogP contribution in [-0.4, -0.2) is 28.5 Å². The number of aryl methyl sites for hydroxylation is 2. The van der Waals surface area contributed by atoms with Gasteiger partial charge in [-0.25, -0.2) is 0 Å². The molecular formula is C24H28N2O. The van der Waals surface area contributed by atoms with E-state index in [9.17, 15) is 4.79 Å². The van der Waals surface area contributed by atoms with Crippen LogP contribution >= 0.6 is 0 Å². The summed E-state index contributed by atoms with van der Waals surface area (Å²) < 4.78 is 2.30. The summed E-state index contributed by atoms with van der Waals surface area (Å²) in [6, 6.07) is 17.2. The molecule has 1 aliphatic heterocycles. The van der Waals surface area contributed by atoms with Crippen LogP contribution in [0.1, 0.15) is 48.8 Å².